The molecule has 5 heteroatoms. The van der Waals surface area contributed by atoms with Crippen molar-refractivity contribution < 1.29 is 14.0 Å². The minimum Gasteiger partial charge on any atom is -0.296 e. The van der Waals surface area contributed by atoms with E-state index in [1.807, 2.05) is 0 Å². The summed E-state index contributed by atoms with van der Waals surface area (Å²) in [4.78, 5) is 23.1. The molecule has 0 aliphatic rings. The Labute approximate surface area is 110 Å². The molecule has 0 N–H and O–H groups in total. The second-order valence-electron chi connectivity index (χ2n) is 3.97. The molecular weight excluding hydrogens is 247 g/mol. The van der Waals surface area contributed by atoms with Crippen LogP contribution in [0.3, 0.4) is 0 Å². The summed E-state index contributed by atoms with van der Waals surface area (Å²) in [6, 6.07) is 7.20. The summed E-state index contributed by atoms with van der Waals surface area (Å²) in [5.41, 5.74) is 0.0302. The largest absolute Gasteiger partial charge is 0.296 e. The topological polar surface area (TPSA) is 81.7 Å². The van der Waals surface area contributed by atoms with Crippen LogP contribution in [0, 0.1) is 22.7 Å². The molecule has 0 saturated heterocycles. The summed E-state index contributed by atoms with van der Waals surface area (Å²) < 4.78 is 13.7. The van der Waals surface area contributed by atoms with Crippen molar-refractivity contribution in [1.82, 2.24) is 0 Å². The number of benzene rings is 1. The van der Waals surface area contributed by atoms with Gasteiger partial charge in [0.2, 0.25) is 12.0 Å². The molecule has 0 aliphatic heterocycles. The molecule has 0 amide bonds. The highest BCUT2D eigenvalue weighted by atomic mass is 19.1. The van der Waals surface area contributed by atoms with E-state index in [0.717, 1.165) is 0 Å². The van der Waals surface area contributed by atoms with E-state index in [1.165, 1.54) is 18.2 Å². The third-order valence-corrected chi connectivity index (χ3v) is 2.49. The number of rotatable bonds is 5. The highest BCUT2D eigenvalue weighted by Gasteiger charge is 2.26. The van der Waals surface area contributed by atoms with E-state index in [0.29, 0.717) is 6.42 Å². The lowest BCUT2D eigenvalue weighted by molar-refractivity contribution is -0.122. The first-order valence-electron chi connectivity index (χ1n) is 5.69. The summed E-state index contributed by atoms with van der Waals surface area (Å²) in [5.74, 6) is -1.79. The fourth-order valence-corrected chi connectivity index (χ4v) is 1.56. The van der Waals surface area contributed by atoms with Crippen molar-refractivity contribution in [2.75, 3.05) is 0 Å². The number of ketones is 2. The van der Waals surface area contributed by atoms with Gasteiger partial charge in [0.15, 0.2) is 5.78 Å². The van der Waals surface area contributed by atoms with Gasteiger partial charge in [-0.15, -0.1) is 0 Å². The fraction of sp³-hybridized carbons (Fsp3) is 0.286. The first kappa shape index (κ1) is 14.5. The van der Waals surface area contributed by atoms with E-state index < -0.39 is 17.7 Å². The third-order valence-electron chi connectivity index (χ3n) is 2.49. The van der Waals surface area contributed by atoms with Crippen LogP contribution in [0.2, 0.25) is 0 Å². The first-order chi connectivity index (χ1) is 9.03. The quantitative estimate of drug-likeness (QED) is 0.599. The Morgan fingerprint density at radius 1 is 1.21 bits per heavy atom. The summed E-state index contributed by atoms with van der Waals surface area (Å²) in [6.45, 7) is 1.71. The van der Waals surface area contributed by atoms with E-state index in [1.54, 1.807) is 19.1 Å². The number of Topliss-reactive ketones (excluding diaryl/α,β-unsaturated/α-hetero) is 2. The Morgan fingerprint density at radius 2 is 1.74 bits per heavy atom. The van der Waals surface area contributed by atoms with Crippen LogP contribution in [0.25, 0.3) is 0 Å². The molecule has 1 aromatic carbocycles. The van der Waals surface area contributed by atoms with Gasteiger partial charge in [-0.05, 0) is 24.6 Å². The molecule has 96 valence electrons. The minimum atomic E-state index is -2.24. The van der Waals surface area contributed by atoms with Gasteiger partial charge in [0.25, 0.3) is 0 Å². The summed E-state index contributed by atoms with van der Waals surface area (Å²) in [6.07, 6.45) is -1.80. The number of nitriles is 2. The van der Waals surface area contributed by atoms with Gasteiger partial charge in [0, 0.05) is 12.0 Å². The van der Waals surface area contributed by atoms with Crippen LogP contribution in [0.1, 0.15) is 41.3 Å². The van der Waals surface area contributed by atoms with E-state index >= 15 is 0 Å². The third kappa shape index (κ3) is 3.46. The van der Waals surface area contributed by atoms with Crippen molar-refractivity contribution >= 4 is 11.6 Å². The van der Waals surface area contributed by atoms with Crippen LogP contribution in [0.15, 0.2) is 18.2 Å². The lowest BCUT2D eigenvalue weighted by Crippen LogP contribution is -2.25. The Balaban J connectivity index is 3.10. The predicted molar refractivity (Wildman–Crippen MR) is 65.0 cm³/mol. The van der Waals surface area contributed by atoms with Crippen LogP contribution in [-0.2, 0) is 4.79 Å². The van der Waals surface area contributed by atoms with Crippen LogP contribution in [-0.4, -0.2) is 17.7 Å². The van der Waals surface area contributed by atoms with E-state index in [-0.39, 0.29) is 23.1 Å². The molecule has 0 radical (unpaired) electrons. The molecule has 0 spiro atoms. The molecular formula is C14H11FN2O2. The number of halogens is 1. The average Bonchev–Trinajstić information content (AvgIpc) is 2.45. The molecule has 0 aliphatic carbocycles. The van der Waals surface area contributed by atoms with Gasteiger partial charge in [0.1, 0.15) is 0 Å². The zero-order valence-electron chi connectivity index (χ0n) is 10.3. The van der Waals surface area contributed by atoms with E-state index in [9.17, 15) is 14.0 Å². The van der Waals surface area contributed by atoms with Crippen molar-refractivity contribution in [3.63, 3.8) is 0 Å². The molecule has 0 bridgehead atoms. The molecule has 0 fully saturated rings. The van der Waals surface area contributed by atoms with Crippen LogP contribution in [0.4, 0.5) is 4.39 Å². The van der Waals surface area contributed by atoms with Crippen LogP contribution in [0.5, 0.6) is 0 Å². The number of hydrogen-bond donors (Lipinski definition) is 0. The zero-order valence-corrected chi connectivity index (χ0v) is 10.3. The molecule has 0 aromatic heterocycles. The van der Waals surface area contributed by atoms with Gasteiger partial charge in [-0.25, -0.2) is 4.39 Å². The monoisotopic (exact) mass is 258 g/mol. The molecule has 0 saturated carbocycles. The smallest absolute Gasteiger partial charge is 0.220 e. The molecule has 1 rings (SSSR count). The number of hydrogen-bond acceptors (Lipinski definition) is 4. The molecule has 1 atom stereocenters. The maximum Gasteiger partial charge on any atom is 0.220 e. The number of nitrogens with zero attached hydrogens (tertiary/aromatic N) is 2. The van der Waals surface area contributed by atoms with Crippen LogP contribution < -0.4 is 0 Å². The molecule has 19 heavy (non-hydrogen) atoms. The Bertz CT molecular complexity index is 564. The number of carbonyl (C=O) groups is 2. The number of carbonyl (C=O) groups excluding carboxylic acids is 2. The van der Waals surface area contributed by atoms with Gasteiger partial charge in [-0.1, -0.05) is 6.92 Å². The van der Waals surface area contributed by atoms with Crippen molar-refractivity contribution in [2.45, 2.75) is 25.9 Å². The van der Waals surface area contributed by atoms with Gasteiger partial charge in [-0.2, -0.15) is 10.5 Å². The second-order valence-corrected chi connectivity index (χ2v) is 3.97. The zero-order chi connectivity index (χ0) is 14.4. The first-order valence-corrected chi connectivity index (χ1v) is 5.69. The van der Waals surface area contributed by atoms with Gasteiger partial charge in [-0.3, -0.25) is 9.59 Å². The highest BCUT2D eigenvalue weighted by Crippen LogP contribution is 2.14. The normalized spacial score (nSPS) is 11.2. The molecule has 4 nitrogen and oxygen atoms in total. The Morgan fingerprint density at radius 3 is 2.16 bits per heavy atom. The van der Waals surface area contributed by atoms with Crippen molar-refractivity contribution in [2.24, 2.45) is 0 Å². The Hall–Kier alpha value is -2.53. The van der Waals surface area contributed by atoms with E-state index in [4.69, 9.17) is 10.5 Å². The molecule has 1 unspecified atom stereocenters. The standard InChI is InChI=1S/C14H11FN2O2/c1-2-3-12(18)13(15)14(19)11-5-9(7-16)4-10(6-11)8-17/h4-6,13H,2-3H2,1H3. The maximum atomic E-state index is 13.7. The minimum absolute atomic E-state index is 0.0179. The Kier molecular flexibility index (Phi) is 4.91. The van der Waals surface area contributed by atoms with Crippen molar-refractivity contribution in [1.29, 1.82) is 10.5 Å². The number of alkyl halides is 1. The predicted octanol–water partition coefficient (Wildman–Crippen LogP) is 2.32. The molecule has 0 heterocycles. The van der Waals surface area contributed by atoms with Crippen LogP contribution >= 0.6 is 0 Å². The summed E-state index contributed by atoms with van der Waals surface area (Å²) >= 11 is 0. The summed E-state index contributed by atoms with van der Waals surface area (Å²) in [7, 11) is 0. The van der Waals surface area contributed by atoms with Gasteiger partial charge < -0.3 is 0 Å². The second kappa shape index (κ2) is 6.42. The lowest BCUT2D eigenvalue weighted by atomic mass is 9.98. The van der Waals surface area contributed by atoms with Crippen molar-refractivity contribution in [3.8, 4) is 12.1 Å². The fourth-order valence-electron chi connectivity index (χ4n) is 1.56. The SMILES string of the molecule is CCCC(=O)C(F)C(=O)c1cc(C#N)cc(C#N)c1. The molecule has 1 aromatic rings. The maximum absolute atomic E-state index is 13.7. The summed E-state index contributed by atoms with van der Waals surface area (Å²) in [5, 5.41) is 17.5. The van der Waals surface area contributed by atoms with Crippen molar-refractivity contribution in [3.05, 3.63) is 34.9 Å². The lowest BCUT2D eigenvalue weighted by Gasteiger charge is -2.06. The van der Waals surface area contributed by atoms with Gasteiger partial charge >= 0.3 is 0 Å². The average molecular weight is 258 g/mol. The van der Waals surface area contributed by atoms with E-state index in [2.05, 4.69) is 0 Å². The highest BCUT2D eigenvalue weighted by molar-refractivity contribution is 6.13. The van der Waals surface area contributed by atoms with Gasteiger partial charge in [0.05, 0.1) is 23.3 Å².